The van der Waals surface area contributed by atoms with Gasteiger partial charge in [-0.15, -0.1) is 0 Å². The second-order valence-electron chi connectivity index (χ2n) is 6.22. The highest BCUT2D eigenvalue weighted by atomic mass is 32.2. The fraction of sp³-hybridized carbons (Fsp3) is 0.278. The van der Waals surface area contributed by atoms with E-state index in [1.807, 2.05) is 0 Å². The van der Waals surface area contributed by atoms with Gasteiger partial charge < -0.3 is 10.2 Å². The Bertz CT molecular complexity index is 877. The number of halogens is 1. The first-order valence-electron chi connectivity index (χ1n) is 7.95. The van der Waals surface area contributed by atoms with Gasteiger partial charge in [0.05, 0.1) is 4.90 Å². The molecule has 0 unspecified atom stereocenters. The van der Waals surface area contributed by atoms with Gasteiger partial charge in [0.15, 0.2) is 9.84 Å². The third-order valence-corrected chi connectivity index (χ3v) is 5.15. The predicted molar refractivity (Wildman–Crippen MR) is 93.5 cm³/mol. The Kier molecular flexibility index (Phi) is 4.76. The van der Waals surface area contributed by atoms with E-state index in [0.717, 1.165) is 24.7 Å². The first-order chi connectivity index (χ1) is 11.8. The van der Waals surface area contributed by atoms with Crippen LogP contribution >= 0.6 is 0 Å². The first-order valence-corrected chi connectivity index (χ1v) is 9.84. The van der Waals surface area contributed by atoms with Gasteiger partial charge in [0, 0.05) is 24.5 Å². The van der Waals surface area contributed by atoms with Crippen LogP contribution < -0.4 is 5.32 Å². The number of rotatable bonds is 5. The quantitative estimate of drug-likeness (QED) is 0.886. The molecule has 0 saturated heterocycles. The molecule has 7 heteroatoms. The highest BCUT2D eigenvalue weighted by molar-refractivity contribution is 7.90. The third-order valence-electron chi connectivity index (χ3n) is 4.02. The number of nitrogens with one attached hydrogen (secondary N) is 1. The Morgan fingerprint density at radius 2 is 1.88 bits per heavy atom. The lowest BCUT2D eigenvalue weighted by molar-refractivity contribution is 0.206. The van der Waals surface area contributed by atoms with Gasteiger partial charge in [-0.05, 0) is 54.8 Å². The molecule has 0 heterocycles. The van der Waals surface area contributed by atoms with Gasteiger partial charge in [-0.25, -0.2) is 17.6 Å². The van der Waals surface area contributed by atoms with Crippen molar-refractivity contribution in [2.24, 2.45) is 0 Å². The minimum absolute atomic E-state index is 0.151. The molecule has 0 atom stereocenters. The summed E-state index contributed by atoms with van der Waals surface area (Å²) < 4.78 is 36.3. The molecule has 132 valence electrons. The van der Waals surface area contributed by atoms with Crippen molar-refractivity contribution in [1.29, 1.82) is 0 Å². The van der Waals surface area contributed by atoms with Crippen molar-refractivity contribution in [1.82, 2.24) is 4.90 Å². The molecule has 1 aliphatic rings. The number of hydrogen-bond acceptors (Lipinski definition) is 3. The summed E-state index contributed by atoms with van der Waals surface area (Å²) in [7, 11) is -3.27. The van der Waals surface area contributed by atoms with Gasteiger partial charge in [-0.2, -0.15) is 0 Å². The van der Waals surface area contributed by atoms with E-state index in [-0.39, 0.29) is 22.8 Å². The van der Waals surface area contributed by atoms with Crippen molar-refractivity contribution < 1.29 is 17.6 Å². The molecule has 1 aliphatic carbocycles. The van der Waals surface area contributed by atoms with Gasteiger partial charge in [-0.3, -0.25) is 0 Å². The predicted octanol–water partition coefficient (Wildman–Crippen LogP) is 3.43. The lowest BCUT2D eigenvalue weighted by Crippen LogP contribution is -2.36. The van der Waals surface area contributed by atoms with E-state index in [9.17, 15) is 17.6 Å². The molecule has 2 aromatic carbocycles. The number of anilines is 1. The third kappa shape index (κ3) is 4.57. The van der Waals surface area contributed by atoms with Crippen molar-refractivity contribution in [2.45, 2.75) is 30.3 Å². The zero-order valence-corrected chi connectivity index (χ0v) is 14.6. The summed E-state index contributed by atoms with van der Waals surface area (Å²) in [5.74, 6) is -0.329. The fourth-order valence-electron chi connectivity index (χ4n) is 2.57. The minimum atomic E-state index is -3.27. The number of nitrogens with zero attached hydrogens (tertiary/aromatic N) is 1. The van der Waals surface area contributed by atoms with Crippen LogP contribution in [0.25, 0.3) is 0 Å². The highest BCUT2D eigenvalue weighted by Crippen LogP contribution is 2.29. The lowest BCUT2D eigenvalue weighted by atomic mass is 10.2. The molecule has 1 N–H and O–H groups in total. The molecule has 5 nitrogen and oxygen atoms in total. The second kappa shape index (κ2) is 6.84. The maximum atomic E-state index is 13.3. The molecule has 0 bridgehead atoms. The van der Waals surface area contributed by atoms with Crippen LogP contribution in [0.1, 0.15) is 18.4 Å². The van der Waals surface area contributed by atoms with Crippen LogP contribution in [0.4, 0.5) is 14.9 Å². The Morgan fingerprint density at radius 1 is 1.20 bits per heavy atom. The highest BCUT2D eigenvalue weighted by Gasteiger charge is 2.32. The van der Waals surface area contributed by atoms with Crippen molar-refractivity contribution >= 4 is 21.6 Å². The van der Waals surface area contributed by atoms with Gasteiger partial charge in [-0.1, -0.05) is 12.1 Å². The van der Waals surface area contributed by atoms with Crippen LogP contribution in [-0.4, -0.2) is 31.6 Å². The molecule has 1 saturated carbocycles. The van der Waals surface area contributed by atoms with Crippen molar-refractivity contribution in [2.75, 3.05) is 11.6 Å². The molecule has 3 rings (SSSR count). The number of benzene rings is 2. The van der Waals surface area contributed by atoms with Gasteiger partial charge in [0.1, 0.15) is 5.82 Å². The van der Waals surface area contributed by atoms with Crippen LogP contribution in [0.15, 0.2) is 53.4 Å². The Balaban J connectivity index is 1.71. The number of sulfone groups is 1. The average Bonchev–Trinajstić information content (AvgIpc) is 3.37. The monoisotopic (exact) mass is 362 g/mol. The number of hydrogen-bond donors (Lipinski definition) is 1. The van der Waals surface area contributed by atoms with Crippen molar-refractivity contribution in [3.8, 4) is 0 Å². The zero-order valence-electron chi connectivity index (χ0n) is 13.8. The molecule has 2 aromatic rings. The average molecular weight is 362 g/mol. The molecular formula is C18H19FN2O3S. The van der Waals surface area contributed by atoms with Gasteiger partial charge in [0.2, 0.25) is 0 Å². The van der Waals surface area contributed by atoms with Crippen LogP contribution in [0.5, 0.6) is 0 Å². The first kappa shape index (κ1) is 17.4. The van der Waals surface area contributed by atoms with E-state index in [4.69, 9.17) is 0 Å². The van der Waals surface area contributed by atoms with Crippen molar-refractivity contribution in [3.05, 3.63) is 59.9 Å². The SMILES string of the molecule is CS(=O)(=O)c1ccc(NC(=O)N(Cc2cccc(F)c2)C2CC2)cc1. The molecular weight excluding hydrogens is 343 g/mol. The lowest BCUT2D eigenvalue weighted by Gasteiger charge is -2.23. The van der Waals surface area contributed by atoms with Crippen LogP contribution in [0, 0.1) is 5.82 Å². The summed E-state index contributed by atoms with van der Waals surface area (Å²) in [6, 6.07) is 12.1. The van der Waals surface area contributed by atoms with E-state index in [1.54, 1.807) is 29.2 Å². The minimum Gasteiger partial charge on any atom is -0.317 e. The molecule has 0 aromatic heterocycles. The number of carbonyl (C=O) groups excluding carboxylic acids is 1. The Hall–Kier alpha value is -2.41. The van der Waals surface area contributed by atoms with Crippen LogP contribution in [0.3, 0.4) is 0 Å². The van der Waals surface area contributed by atoms with E-state index in [2.05, 4.69) is 5.32 Å². The topological polar surface area (TPSA) is 66.5 Å². The van der Waals surface area contributed by atoms with E-state index in [1.165, 1.54) is 24.3 Å². The maximum absolute atomic E-state index is 13.3. The Labute approximate surface area is 146 Å². The fourth-order valence-corrected chi connectivity index (χ4v) is 3.20. The largest absolute Gasteiger partial charge is 0.322 e. The maximum Gasteiger partial charge on any atom is 0.322 e. The molecule has 1 fully saturated rings. The summed E-state index contributed by atoms with van der Waals surface area (Å²) in [4.78, 5) is 14.4. The summed E-state index contributed by atoms with van der Waals surface area (Å²) in [6.07, 6.45) is 2.99. The molecule has 0 spiro atoms. The molecule has 2 amide bonds. The standard InChI is InChI=1S/C18H19FN2O3S/c1-25(23,24)17-9-5-15(6-10-17)20-18(22)21(16-7-8-16)12-13-3-2-4-14(19)11-13/h2-6,9-11,16H,7-8,12H2,1H3,(H,20,22). The summed E-state index contributed by atoms with van der Waals surface area (Å²) >= 11 is 0. The van der Waals surface area contributed by atoms with E-state index < -0.39 is 9.84 Å². The number of amides is 2. The zero-order chi connectivity index (χ0) is 18.0. The van der Waals surface area contributed by atoms with Gasteiger partial charge in [0.25, 0.3) is 0 Å². The normalized spacial score (nSPS) is 14.2. The Morgan fingerprint density at radius 3 is 2.44 bits per heavy atom. The van der Waals surface area contributed by atoms with Gasteiger partial charge >= 0.3 is 6.03 Å². The summed E-state index contributed by atoms with van der Waals surface area (Å²) in [5.41, 5.74) is 1.25. The van der Waals surface area contributed by atoms with E-state index in [0.29, 0.717) is 12.2 Å². The smallest absolute Gasteiger partial charge is 0.317 e. The molecule has 0 aliphatic heterocycles. The summed E-state index contributed by atoms with van der Waals surface area (Å²) in [5, 5.41) is 2.78. The van der Waals surface area contributed by atoms with Crippen LogP contribution in [0.2, 0.25) is 0 Å². The summed E-state index contributed by atoms with van der Waals surface area (Å²) in [6.45, 7) is 0.329. The second-order valence-corrected chi connectivity index (χ2v) is 8.23. The number of urea groups is 1. The number of carbonyl (C=O) groups is 1. The van der Waals surface area contributed by atoms with Crippen LogP contribution in [-0.2, 0) is 16.4 Å². The van der Waals surface area contributed by atoms with Crippen molar-refractivity contribution in [3.63, 3.8) is 0 Å². The van der Waals surface area contributed by atoms with E-state index >= 15 is 0 Å². The molecule has 25 heavy (non-hydrogen) atoms. The molecule has 0 radical (unpaired) electrons.